The number of alkyl halides is 1. The summed E-state index contributed by atoms with van der Waals surface area (Å²) in [4.78, 5) is 12.4. The maximum Gasteiger partial charge on any atom is 0.230 e. The summed E-state index contributed by atoms with van der Waals surface area (Å²) in [6.07, 6.45) is 2.00. The molecule has 1 rings (SSSR count). The average molecular weight is 296 g/mol. The molecule has 1 aromatic carbocycles. The van der Waals surface area contributed by atoms with Crippen LogP contribution in [-0.4, -0.2) is 18.3 Å². The van der Waals surface area contributed by atoms with Crippen molar-refractivity contribution in [3.63, 3.8) is 0 Å². The molecule has 20 heavy (non-hydrogen) atoms. The Hall–Kier alpha value is -1.02. The van der Waals surface area contributed by atoms with Crippen molar-refractivity contribution in [3.8, 4) is 0 Å². The summed E-state index contributed by atoms with van der Waals surface area (Å²) < 4.78 is 0. The Morgan fingerprint density at radius 3 is 2.30 bits per heavy atom. The predicted octanol–water partition coefficient (Wildman–Crippen LogP) is 4.13. The number of benzene rings is 1. The lowest BCUT2D eigenvalue weighted by molar-refractivity contribution is -0.126. The molecule has 0 heterocycles. The minimum absolute atomic E-state index is 0.0719. The van der Waals surface area contributed by atoms with Crippen LogP contribution in [0.15, 0.2) is 30.3 Å². The molecule has 1 aromatic rings. The largest absolute Gasteiger partial charge is 0.355 e. The van der Waals surface area contributed by atoms with Crippen LogP contribution in [0.1, 0.15) is 46.1 Å². The van der Waals surface area contributed by atoms with Gasteiger partial charge in [-0.05, 0) is 37.7 Å². The van der Waals surface area contributed by atoms with Gasteiger partial charge in [0.05, 0.1) is 5.41 Å². The zero-order valence-electron chi connectivity index (χ0n) is 13.0. The normalized spacial score (nSPS) is 12.2. The minimum atomic E-state index is -0.510. The van der Waals surface area contributed by atoms with Crippen LogP contribution in [0.3, 0.4) is 0 Å². The molecule has 0 atom stereocenters. The van der Waals surface area contributed by atoms with E-state index < -0.39 is 5.41 Å². The second-order valence-corrected chi connectivity index (χ2v) is 7.01. The number of rotatable bonds is 7. The van der Waals surface area contributed by atoms with E-state index in [1.165, 1.54) is 0 Å². The maximum absolute atomic E-state index is 12.4. The van der Waals surface area contributed by atoms with E-state index in [4.69, 9.17) is 11.6 Å². The summed E-state index contributed by atoms with van der Waals surface area (Å²) in [6.45, 7) is 8.93. The standard InChI is InChI=1S/C17H26ClNO/c1-16(2,11-8-12-18)13-19-15(20)17(3,4)14-9-6-5-7-10-14/h5-7,9-10H,8,11-13H2,1-4H3,(H,19,20). The Balaban J connectivity index is 2.62. The van der Waals surface area contributed by atoms with Gasteiger partial charge in [0.25, 0.3) is 0 Å². The SMILES string of the molecule is CC(C)(CCCCl)CNC(=O)C(C)(C)c1ccccc1. The zero-order chi connectivity index (χ0) is 15.2. The Morgan fingerprint density at radius 1 is 1.15 bits per heavy atom. The van der Waals surface area contributed by atoms with E-state index in [0.29, 0.717) is 12.4 Å². The van der Waals surface area contributed by atoms with Gasteiger partial charge >= 0.3 is 0 Å². The third kappa shape index (κ3) is 4.82. The second-order valence-electron chi connectivity index (χ2n) is 6.63. The summed E-state index contributed by atoms with van der Waals surface area (Å²) in [6, 6.07) is 9.90. The number of halogens is 1. The first-order valence-electron chi connectivity index (χ1n) is 7.19. The molecular formula is C17H26ClNO. The number of amides is 1. The van der Waals surface area contributed by atoms with Crippen LogP contribution in [0.4, 0.5) is 0 Å². The highest BCUT2D eigenvalue weighted by Crippen LogP contribution is 2.25. The first kappa shape index (κ1) is 17.0. The van der Waals surface area contributed by atoms with E-state index >= 15 is 0 Å². The van der Waals surface area contributed by atoms with Gasteiger partial charge < -0.3 is 5.32 Å². The number of nitrogens with one attached hydrogen (secondary N) is 1. The third-order valence-electron chi connectivity index (χ3n) is 3.78. The molecule has 0 unspecified atom stereocenters. The predicted molar refractivity (Wildman–Crippen MR) is 86.2 cm³/mol. The molecule has 0 radical (unpaired) electrons. The molecule has 112 valence electrons. The van der Waals surface area contributed by atoms with E-state index in [1.807, 2.05) is 44.2 Å². The lowest BCUT2D eigenvalue weighted by Crippen LogP contribution is -2.43. The Morgan fingerprint density at radius 2 is 1.75 bits per heavy atom. The molecule has 0 spiro atoms. The van der Waals surface area contributed by atoms with Crippen LogP contribution in [-0.2, 0) is 10.2 Å². The molecule has 0 bridgehead atoms. The van der Waals surface area contributed by atoms with Gasteiger partial charge in [-0.3, -0.25) is 4.79 Å². The molecule has 0 aromatic heterocycles. The van der Waals surface area contributed by atoms with Crippen molar-refractivity contribution in [1.29, 1.82) is 0 Å². The Kier molecular flexibility index (Phi) is 6.07. The van der Waals surface area contributed by atoms with Crippen LogP contribution >= 0.6 is 11.6 Å². The summed E-state index contributed by atoms with van der Waals surface area (Å²) in [5, 5.41) is 3.09. The molecule has 0 saturated carbocycles. The number of hydrogen-bond acceptors (Lipinski definition) is 1. The van der Waals surface area contributed by atoms with Crippen molar-refractivity contribution < 1.29 is 4.79 Å². The van der Waals surface area contributed by atoms with Crippen LogP contribution in [0, 0.1) is 5.41 Å². The molecule has 0 aliphatic carbocycles. The van der Waals surface area contributed by atoms with E-state index in [-0.39, 0.29) is 11.3 Å². The first-order chi connectivity index (χ1) is 9.29. The minimum Gasteiger partial charge on any atom is -0.355 e. The second kappa shape index (κ2) is 7.12. The molecule has 0 fully saturated rings. The fraction of sp³-hybridized carbons (Fsp3) is 0.588. The van der Waals surface area contributed by atoms with Gasteiger partial charge in [-0.2, -0.15) is 0 Å². The number of hydrogen-bond donors (Lipinski definition) is 1. The fourth-order valence-electron chi connectivity index (χ4n) is 2.16. The Labute approximate surface area is 127 Å². The van der Waals surface area contributed by atoms with E-state index in [2.05, 4.69) is 19.2 Å². The van der Waals surface area contributed by atoms with Gasteiger partial charge in [0.1, 0.15) is 0 Å². The molecule has 0 saturated heterocycles. The Bertz CT molecular complexity index is 426. The van der Waals surface area contributed by atoms with Gasteiger partial charge in [0.15, 0.2) is 0 Å². The van der Waals surface area contributed by atoms with E-state index in [1.54, 1.807) is 0 Å². The van der Waals surface area contributed by atoms with Crippen molar-refractivity contribution in [2.75, 3.05) is 12.4 Å². The lowest BCUT2D eigenvalue weighted by atomic mass is 9.82. The van der Waals surface area contributed by atoms with Gasteiger partial charge in [-0.25, -0.2) is 0 Å². The van der Waals surface area contributed by atoms with Gasteiger partial charge in [0, 0.05) is 12.4 Å². The molecule has 1 N–H and O–H groups in total. The van der Waals surface area contributed by atoms with E-state index in [0.717, 1.165) is 18.4 Å². The highest BCUT2D eigenvalue weighted by molar-refractivity contribution is 6.17. The molecule has 1 amide bonds. The monoisotopic (exact) mass is 295 g/mol. The maximum atomic E-state index is 12.4. The highest BCUT2D eigenvalue weighted by Gasteiger charge is 2.30. The highest BCUT2D eigenvalue weighted by atomic mass is 35.5. The summed E-state index contributed by atoms with van der Waals surface area (Å²) in [7, 11) is 0. The van der Waals surface area contributed by atoms with Crippen molar-refractivity contribution in [3.05, 3.63) is 35.9 Å². The third-order valence-corrected chi connectivity index (χ3v) is 4.05. The quantitative estimate of drug-likeness (QED) is 0.753. The smallest absolute Gasteiger partial charge is 0.230 e. The fourth-order valence-corrected chi connectivity index (χ4v) is 2.29. The first-order valence-corrected chi connectivity index (χ1v) is 7.73. The topological polar surface area (TPSA) is 29.1 Å². The summed E-state index contributed by atoms with van der Waals surface area (Å²) in [5.41, 5.74) is 0.609. The molecule has 2 nitrogen and oxygen atoms in total. The van der Waals surface area contributed by atoms with Crippen molar-refractivity contribution in [2.24, 2.45) is 5.41 Å². The molecule has 0 aliphatic rings. The number of carbonyl (C=O) groups excluding carboxylic acids is 1. The van der Waals surface area contributed by atoms with Crippen LogP contribution in [0.2, 0.25) is 0 Å². The number of carbonyl (C=O) groups is 1. The van der Waals surface area contributed by atoms with Crippen LogP contribution in [0.5, 0.6) is 0 Å². The lowest BCUT2D eigenvalue weighted by Gasteiger charge is -2.29. The van der Waals surface area contributed by atoms with Gasteiger partial charge in [0.2, 0.25) is 5.91 Å². The molecule has 3 heteroatoms. The van der Waals surface area contributed by atoms with E-state index in [9.17, 15) is 4.79 Å². The average Bonchev–Trinajstić information content (AvgIpc) is 2.43. The zero-order valence-corrected chi connectivity index (χ0v) is 13.8. The summed E-state index contributed by atoms with van der Waals surface area (Å²) >= 11 is 5.74. The van der Waals surface area contributed by atoms with Crippen LogP contribution < -0.4 is 5.32 Å². The van der Waals surface area contributed by atoms with Gasteiger partial charge in [-0.1, -0.05) is 44.2 Å². The van der Waals surface area contributed by atoms with Gasteiger partial charge in [-0.15, -0.1) is 11.6 Å². The summed E-state index contributed by atoms with van der Waals surface area (Å²) in [5.74, 6) is 0.745. The molecule has 0 aliphatic heterocycles. The van der Waals surface area contributed by atoms with Crippen molar-refractivity contribution >= 4 is 17.5 Å². The van der Waals surface area contributed by atoms with Crippen molar-refractivity contribution in [1.82, 2.24) is 5.32 Å². The molecular weight excluding hydrogens is 270 g/mol. The van der Waals surface area contributed by atoms with Crippen molar-refractivity contribution in [2.45, 2.75) is 46.0 Å². The van der Waals surface area contributed by atoms with Crippen LogP contribution in [0.25, 0.3) is 0 Å².